The molecule has 2 saturated carbocycles. The second-order valence-corrected chi connectivity index (χ2v) is 8.76. The lowest BCUT2D eigenvalue weighted by Crippen LogP contribution is -2.34. The summed E-state index contributed by atoms with van der Waals surface area (Å²) in [5.74, 6) is -0.526. The predicted octanol–water partition coefficient (Wildman–Crippen LogP) is 3.40. The Balaban J connectivity index is 1.55. The zero-order chi connectivity index (χ0) is 20.3. The number of hydrogen-bond donors (Lipinski definition) is 1. The van der Waals surface area contributed by atoms with Crippen molar-refractivity contribution >= 4 is 23.4 Å². The number of rotatable bonds is 4. The van der Waals surface area contributed by atoms with Gasteiger partial charge in [0.25, 0.3) is 17.7 Å². The number of hydrogen-bond acceptors (Lipinski definition) is 4. The van der Waals surface area contributed by atoms with Gasteiger partial charge in [-0.15, -0.1) is 6.58 Å². The normalized spacial score (nSPS) is 28.8. The Morgan fingerprint density at radius 2 is 2.00 bits per heavy atom. The van der Waals surface area contributed by atoms with Gasteiger partial charge in [0.1, 0.15) is 0 Å². The largest absolute Gasteiger partial charge is 0.271 e. The van der Waals surface area contributed by atoms with Crippen LogP contribution in [-0.2, 0) is 0 Å². The third-order valence-electron chi connectivity index (χ3n) is 7.35. The number of nitrogens with one attached hydrogen (secondary N) is 1. The Morgan fingerprint density at radius 3 is 2.61 bits per heavy atom. The van der Waals surface area contributed by atoms with Crippen LogP contribution in [0.3, 0.4) is 0 Å². The molecular weight excluding hydrogens is 354 g/mol. The molecule has 0 unspecified atom stereocenters. The molecule has 0 spiro atoms. The van der Waals surface area contributed by atoms with Crippen LogP contribution in [0.25, 0.3) is 0 Å². The molecule has 1 aromatic rings. The second-order valence-electron chi connectivity index (χ2n) is 8.76. The van der Waals surface area contributed by atoms with Crippen LogP contribution >= 0.6 is 0 Å². The fourth-order valence-corrected chi connectivity index (χ4v) is 5.01. The van der Waals surface area contributed by atoms with E-state index in [1.54, 1.807) is 6.07 Å². The van der Waals surface area contributed by atoms with Gasteiger partial charge in [-0.2, -0.15) is 5.10 Å². The van der Waals surface area contributed by atoms with Gasteiger partial charge in [0.15, 0.2) is 0 Å². The topological polar surface area (TPSA) is 78.8 Å². The molecule has 146 valence electrons. The molecule has 1 aromatic carbocycles. The van der Waals surface area contributed by atoms with Gasteiger partial charge in [0.05, 0.1) is 11.1 Å². The number of benzene rings is 1. The first kappa shape index (κ1) is 18.6. The highest BCUT2D eigenvalue weighted by molar-refractivity contribution is 6.22. The molecule has 2 atom stereocenters. The van der Waals surface area contributed by atoms with Crippen molar-refractivity contribution in [1.29, 1.82) is 0 Å². The van der Waals surface area contributed by atoms with E-state index in [1.165, 1.54) is 24.6 Å². The van der Waals surface area contributed by atoms with Crippen molar-refractivity contribution in [2.75, 3.05) is 6.54 Å². The fourth-order valence-electron chi connectivity index (χ4n) is 5.01. The van der Waals surface area contributed by atoms with Gasteiger partial charge in [-0.3, -0.25) is 19.3 Å². The van der Waals surface area contributed by atoms with Crippen LogP contribution in [0.5, 0.6) is 0 Å². The van der Waals surface area contributed by atoms with Gasteiger partial charge in [-0.05, 0) is 48.8 Å². The zero-order valence-electron chi connectivity index (χ0n) is 16.5. The minimum atomic E-state index is -0.400. The van der Waals surface area contributed by atoms with E-state index in [2.05, 4.69) is 37.9 Å². The van der Waals surface area contributed by atoms with E-state index >= 15 is 0 Å². The Morgan fingerprint density at radius 1 is 1.29 bits per heavy atom. The second kappa shape index (κ2) is 6.12. The summed E-state index contributed by atoms with van der Waals surface area (Å²) in [6, 6.07) is 4.56. The Bertz CT molecular complexity index is 946. The first-order valence-corrected chi connectivity index (χ1v) is 9.69. The summed E-state index contributed by atoms with van der Waals surface area (Å²) >= 11 is 0. The van der Waals surface area contributed by atoms with Crippen molar-refractivity contribution in [2.24, 2.45) is 21.8 Å². The van der Waals surface area contributed by atoms with Crippen LogP contribution in [0.15, 0.2) is 36.0 Å². The average Bonchev–Trinajstić information content (AvgIpc) is 3.12. The summed E-state index contributed by atoms with van der Waals surface area (Å²) < 4.78 is 0. The number of hydrazone groups is 1. The summed E-state index contributed by atoms with van der Waals surface area (Å²) in [4.78, 5) is 38.5. The molecule has 3 amide bonds. The van der Waals surface area contributed by atoms with Crippen LogP contribution in [0.1, 0.15) is 71.1 Å². The predicted molar refractivity (Wildman–Crippen MR) is 106 cm³/mol. The minimum Gasteiger partial charge on any atom is -0.270 e. The highest BCUT2D eigenvalue weighted by Gasteiger charge is 2.60. The van der Waals surface area contributed by atoms with Crippen molar-refractivity contribution in [3.8, 4) is 0 Å². The summed E-state index contributed by atoms with van der Waals surface area (Å²) in [5.41, 5.74) is 4.79. The SMILES string of the molecule is C=CCN1C(=O)c2ccc(C(=O)N/N=C3\C[C@H]4CC[C@@]3(C)C4(C)C)cc2C1=O. The molecule has 1 aliphatic heterocycles. The number of carbonyl (C=O) groups excluding carboxylic acids is 3. The lowest BCUT2D eigenvalue weighted by molar-refractivity contribution is 0.0672. The Kier molecular flexibility index (Phi) is 4.07. The number of carbonyl (C=O) groups is 3. The molecule has 2 bridgehead atoms. The fraction of sp³-hybridized carbons (Fsp3) is 0.455. The van der Waals surface area contributed by atoms with Crippen LogP contribution in [-0.4, -0.2) is 34.9 Å². The van der Waals surface area contributed by atoms with Crippen LogP contribution in [0, 0.1) is 16.7 Å². The van der Waals surface area contributed by atoms with Gasteiger partial charge >= 0.3 is 0 Å². The maximum Gasteiger partial charge on any atom is 0.271 e. The zero-order valence-corrected chi connectivity index (χ0v) is 16.5. The maximum absolute atomic E-state index is 12.6. The van der Waals surface area contributed by atoms with Gasteiger partial charge in [-0.1, -0.05) is 26.8 Å². The summed E-state index contributed by atoms with van der Waals surface area (Å²) in [6.45, 7) is 10.5. The van der Waals surface area contributed by atoms with Crippen molar-refractivity contribution in [3.05, 3.63) is 47.5 Å². The molecule has 1 heterocycles. The lowest BCUT2D eigenvalue weighted by Gasteiger charge is -2.34. The van der Waals surface area contributed by atoms with Gasteiger partial charge in [0, 0.05) is 23.2 Å². The van der Waals surface area contributed by atoms with Crippen molar-refractivity contribution < 1.29 is 14.4 Å². The van der Waals surface area contributed by atoms with Crippen molar-refractivity contribution in [2.45, 2.75) is 40.0 Å². The minimum absolute atomic E-state index is 0.0104. The van der Waals surface area contributed by atoms with E-state index in [-0.39, 0.29) is 34.8 Å². The van der Waals surface area contributed by atoms with E-state index in [9.17, 15) is 14.4 Å². The number of imide groups is 1. The molecule has 2 aliphatic carbocycles. The van der Waals surface area contributed by atoms with Crippen LogP contribution in [0.2, 0.25) is 0 Å². The summed E-state index contributed by atoms with van der Waals surface area (Å²) in [5, 5.41) is 4.46. The first-order chi connectivity index (χ1) is 13.2. The molecule has 28 heavy (non-hydrogen) atoms. The van der Waals surface area contributed by atoms with Gasteiger partial charge in [-0.25, -0.2) is 5.43 Å². The number of amides is 3. The number of fused-ring (bicyclic) bond motifs is 3. The van der Waals surface area contributed by atoms with Gasteiger partial charge < -0.3 is 0 Å². The molecule has 1 N–H and O–H groups in total. The van der Waals surface area contributed by atoms with Crippen molar-refractivity contribution in [1.82, 2.24) is 10.3 Å². The Hall–Kier alpha value is -2.76. The smallest absolute Gasteiger partial charge is 0.270 e. The molecule has 0 saturated heterocycles. The van der Waals surface area contributed by atoms with E-state index < -0.39 is 5.91 Å². The molecular formula is C22H25N3O3. The summed E-state index contributed by atoms with van der Waals surface area (Å²) in [7, 11) is 0. The number of nitrogens with zero attached hydrogens (tertiary/aromatic N) is 2. The monoisotopic (exact) mass is 379 g/mol. The average molecular weight is 379 g/mol. The van der Waals surface area contributed by atoms with Crippen LogP contribution in [0.4, 0.5) is 0 Å². The molecule has 6 nitrogen and oxygen atoms in total. The van der Waals surface area contributed by atoms with Crippen LogP contribution < -0.4 is 5.43 Å². The van der Waals surface area contributed by atoms with Crippen molar-refractivity contribution in [3.63, 3.8) is 0 Å². The standard InChI is InChI=1S/C22H25N3O3/c1-5-10-25-19(27)15-7-6-13(11-16(15)20(25)28)18(26)24-23-17-12-14-8-9-22(17,4)21(14,2)3/h5-7,11,14H,1,8-10,12H2,2-4H3,(H,24,26)/b23-17+/t14-,22-/m1/s1. The van der Waals surface area contributed by atoms with E-state index in [0.717, 1.165) is 23.5 Å². The molecule has 6 heteroatoms. The first-order valence-electron chi connectivity index (χ1n) is 9.69. The quantitative estimate of drug-likeness (QED) is 0.495. The maximum atomic E-state index is 12.6. The molecule has 4 rings (SSSR count). The Labute approximate surface area is 164 Å². The lowest BCUT2D eigenvalue weighted by atomic mass is 9.70. The highest BCUT2D eigenvalue weighted by atomic mass is 16.2. The molecule has 2 fully saturated rings. The van der Waals surface area contributed by atoms with E-state index in [1.807, 2.05) is 0 Å². The molecule has 0 radical (unpaired) electrons. The third-order valence-corrected chi connectivity index (χ3v) is 7.35. The highest BCUT2D eigenvalue weighted by Crippen LogP contribution is 2.63. The molecule has 0 aromatic heterocycles. The van der Waals surface area contributed by atoms with E-state index in [4.69, 9.17) is 0 Å². The third kappa shape index (κ3) is 2.40. The van der Waals surface area contributed by atoms with E-state index in [0.29, 0.717) is 17.0 Å². The van der Waals surface area contributed by atoms with Gasteiger partial charge in [0.2, 0.25) is 0 Å². The molecule has 3 aliphatic rings. The summed E-state index contributed by atoms with van der Waals surface area (Å²) in [6.07, 6.45) is 4.72.